The first-order valence-electron chi connectivity index (χ1n) is 9.77. The fourth-order valence-electron chi connectivity index (χ4n) is 3.67. The second-order valence-corrected chi connectivity index (χ2v) is 9.78. The topological polar surface area (TPSA) is 114 Å². The number of nitro benzene ring substituents is 1. The van der Waals surface area contributed by atoms with Gasteiger partial charge in [0.15, 0.2) is 0 Å². The maximum Gasteiger partial charge on any atom is 0.270 e. The normalized spacial score (nSPS) is 15.1. The monoisotopic (exact) mass is 474 g/mol. The van der Waals surface area contributed by atoms with Gasteiger partial charge < -0.3 is 4.90 Å². The average molecular weight is 475 g/mol. The number of aromatic nitrogens is 1. The lowest BCUT2D eigenvalue weighted by Gasteiger charge is -2.34. The number of hydrogen-bond donors (Lipinski definition) is 0. The standard InChI is InChI=1S/C21H19ClN4O5S/c1-14-19(12-15-11-16(22)5-6-20(15)23-14)21(27)24-7-9-25(10-8-24)32(30,31)18-4-2-3-17(13-18)26(28)29/h2-6,11-13H,7-10H2,1H3. The Kier molecular flexibility index (Phi) is 5.85. The third kappa shape index (κ3) is 4.16. The zero-order chi connectivity index (χ0) is 23.0. The quantitative estimate of drug-likeness (QED) is 0.423. The maximum absolute atomic E-state index is 13.1. The summed E-state index contributed by atoms with van der Waals surface area (Å²) < 4.78 is 27.1. The van der Waals surface area contributed by atoms with Gasteiger partial charge in [-0.1, -0.05) is 17.7 Å². The summed E-state index contributed by atoms with van der Waals surface area (Å²) in [5, 5.41) is 12.3. The first kappa shape index (κ1) is 22.1. The number of hydrogen-bond acceptors (Lipinski definition) is 6. The summed E-state index contributed by atoms with van der Waals surface area (Å²) in [6.07, 6.45) is 0. The van der Waals surface area contributed by atoms with E-state index in [1.807, 2.05) is 0 Å². The van der Waals surface area contributed by atoms with Crippen molar-refractivity contribution in [3.05, 3.63) is 74.9 Å². The van der Waals surface area contributed by atoms with Crippen LogP contribution in [0, 0.1) is 17.0 Å². The SMILES string of the molecule is Cc1nc2ccc(Cl)cc2cc1C(=O)N1CCN(S(=O)(=O)c2cccc([N+](=O)[O-])c2)CC1. The number of sulfonamides is 1. The molecular weight excluding hydrogens is 456 g/mol. The molecule has 1 fully saturated rings. The smallest absolute Gasteiger partial charge is 0.270 e. The molecule has 2 aromatic carbocycles. The zero-order valence-electron chi connectivity index (χ0n) is 17.1. The van der Waals surface area contributed by atoms with Crippen molar-refractivity contribution in [1.29, 1.82) is 0 Å². The number of non-ortho nitro benzene ring substituents is 1. The fraction of sp³-hybridized carbons (Fsp3) is 0.238. The number of nitrogens with zero attached hydrogens (tertiary/aromatic N) is 4. The van der Waals surface area contributed by atoms with E-state index in [0.717, 1.165) is 17.0 Å². The van der Waals surface area contributed by atoms with Gasteiger partial charge in [-0.25, -0.2) is 8.42 Å². The predicted octanol–water partition coefficient (Wildman–Crippen LogP) is 3.25. The van der Waals surface area contributed by atoms with E-state index >= 15 is 0 Å². The first-order chi connectivity index (χ1) is 15.2. The lowest BCUT2D eigenvalue weighted by atomic mass is 10.1. The Balaban J connectivity index is 1.52. The number of carbonyl (C=O) groups excluding carboxylic acids is 1. The van der Waals surface area contributed by atoms with Crippen LogP contribution in [0.3, 0.4) is 0 Å². The largest absolute Gasteiger partial charge is 0.336 e. The number of nitro groups is 1. The summed E-state index contributed by atoms with van der Waals surface area (Å²) in [5.74, 6) is -0.232. The molecule has 32 heavy (non-hydrogen) atoms. The van der Waals surface area contributed by atoms with Crippen LogP contribution in [0.2, 0.25) is 5.02 Å². The molecule has 0 aliphatic carbocycles. The van der Waals surface area contributed by atoms with E-state index in [2.05, 4.69) is 4.98 Å². The minimum atomic E-state index is -3.91. The van der Waals surface area contributed by atoms with Gasteiger partial charge in [-0.15, -0.1) is 0 Å². The second kappa shape index (κ2) is 8.45. The Labute approximate surface area is 189 Å². The third-order valence-electron chi connectivity index (χ3n) is 5.39. The fourth-order valence-corrected chi connectivity index (χ4v) is 5.31. The summed E-state index contributed by atoms with van der Waals surface area (Å²) in [6.45, 7) is 2.32. The van der Waals surface area contributed by atoms with Crippen molar-refractivity contribution in [2.75, 3.05) is 26.2 Å². The molecule has 11 heteroatoms. The van der Waals surface area contributed by atoms with Crippen LogP contribution in [-0.4, -0.2) is 59.6 Å². The Hall–Kier alpha value is -3.08. The van der Waals surface area contributed by atoms with Gasteiger partial charge in [-0.3, -0.25) is 19.9 Å². The highest BCUT2D eigenvalue weighted by molar-refractivity contribution is 7.89. The molecule has 0 N–H and O–H groups in total. The second-order valence-electron chi connectivity index (χ2n) is 7.41. The zero-order valence-corrected chi connectivity index (χ0v) is 18.6. The maximum atomic E-state index is 13.1. The molecule has 0 saturated carbocycles. The van der Waals surface area contributed by atoms with Crippen LogP contribution < -0.4 is 0 Å². The number of halogens is 1. The molecule has 1 amide bonds. The highest BCUT2D eigenvalue weighted by Crippen LogP contribution is 2.24. The van der Waals surface area contributed by atoms with Crippen LogP contribution in [0.1, 0.15) is 16.1 Å². The lowest BCUT2D eigenvalue weighted by Crippen LogP contribution is -2.50. The first-order valence-corrected chi connectivity index (χ1v) is 11.6. The van der Waals surface area contributed by atoms with Crippen molar-refractivity contribution in [3.8, 4) is 0 Å². The van der Waals surface area contributed by atoms with Gasteiger partial charge in [0.25, 0.3) is 11.6 Å². The molecule has 0 spiro atoms. The molecule has 0 unspecified atom stereocenters. The van der Waals surface area contributed by atoms with Gasteiger partial charge in [0.05, 0.1) is 26.6 Å². The van der Waals surface area contributed by atoms with Crippen LogP contribution in [0.15, 0.2) is 53.4 Å². The van der Waals surface area contributed by atoms with Crippen molar-refractivity contribution in [1.82, 2.24) is 14.2 Å². The highest BCUT2D eigenvalue weighted by Gasteiger charge is 2.31. The van der Waals surface area contributed by atoms with E-state index in [9.17, 15) is 23.3 Å². The van der Waals surface area contributed by atoms with Crippen LogP contribution in [-0.2, 0) is 10.0 Å². The summed E-state index contributed by atoms with van der Waals surface area (Å²) in [4.78, 5) is 29.4. The summed E-state index contributed by atoms with van der Waals surface area (Å²) in [6, 6.07) is 12.0. The molecule has 1 aliphatic rings. The molecule has 0 bridgehead atoms. The number of fused-ring (bicyclic) bond motifs is 1. The molecule has 9 nitrogen and oxygen atoms in total. The molecule has 1 aromatic heterocycles. The van der Waals surface area contributed by atoms with E-state index in [1.165, 1.54) is 22.5 Å². The summed E-state index contributed by atoms with van der Waals surface area (Å²) in [5.41, 5.74) is 1.46. The number of carbonyl (C=O) groups is 1. The van der Waals surface area contributed by atoms with Crippen molar-refractivity contribution >= 4 is 44.1 Å². The van der Waals surface area contributed by atoms with E-state index < -0.39 is 14.9 Å². The molecule has 1 aliphatic heterocycles. The van der Waals surface area contributed by atoms with Crippen LogP contribution in [0.25, 0.3) is 10.9 Å². The van der Waals surface area contributed by atoms with E-state index in [-0.39, 0.29) is 42.7 Å². The van der Waals surface area contributed by atoms with E-state index in [1.54, 1.807) is 36.1 Å². The molecule has 0 atom stereocenters. The molecule has 2 heterocycles. The molecule has 1 saturated heterocycles. The van der Waals surface area contributed by atoms with Crippen LogP contribution in [0.4, 0.5) is 5.69 Å². The lowest BCUT2D eigenvalue weighted by molar-refractivity contribution is -0.385. The molecule has 0 radical (unpaired) electrons. The van der Waals surface area contributed by atoms with Crippen LogP contribution >= 0.6 is 11.6 Å². The number of amides is 1. The van der Waals surface area contributed by atoms with Gasteiger partial charge in [-0.2, -0.15) is 4.31 Å². The number of piperazine rings is 1. The minimum Gasteiger partial charge on any atom is -0.336 e. The van der Waals surface area contributed by atoms with Gasteiger partial charge in [-0.05, 0) is 37.3 Å². The van der Waals surface area contributed by atoms with Gasteiger partial charge in [0, 0.05) is 48.7 Å². The van der Waals surface area contributed by atoms with Gasteiger partial charge in [0.2, 0.25) is 10.0 Å². The average Bonchev–Trinajstić information content (AvgIpc) is 2.78. The van der Waals surface area contributed by atoms with Crippen molar-refractivity contribution < 1.29 is 18.1 Å². The Bertz CT molecular complexity index is 1340. The van der Waals surface area contributed by atoms with Gasteiger partial charge >= 0.3 is 0 Å². The Morgan fingerprint density at radius 3 is 2.50 bits per heavy atom. The Morgan fingerprint density at radius 2 is 1.81 bits per heavy atom. The van der Waals surface area contributed by atoms with Crippen molar-refractivity contribution in [2.45, 2.75) is 11.8 Å². The molecular formula is C21H19ClN4O5S. The van der Waals surface area contributed by atoms with Crippen molar-refractivity contribution in [3.63, 3.8) is 0 Å². The van der Waals surface area contributed by atoms with E-state index in [0.29, 0.717) is 16.3 Å². The highest BCUT2D eigenvalue weighted by atomic mass is 35.5. The van der Waals surface area contributed by atoms with Gasteiger partial charge in [0.1, 0.15) is 0 Å². The van der Waals surface area contributed by atoms with Crippen molar-refractivity contribution in [2.24, 2.45) is 0 Å². The molecule has 3 aromatic rings. The molecule has 4 rings (SSSR count). The minimum absolute atomic E-state index is 0.0860. The number of benzene rings is 2. The number of pyridine rings is 1. The molecule has 166 valence electrons. The Morgan fingerprint density at radius 1 is 1.09 bits per heavy atom. The van der Waals surface area contributed by atoms with E-state index in [4.69, 9.17) is 11.6 Å². The summed E-state index contributed by atoms with van der Waals surface area (Å²) >= 11 is 6.05. The summed E-state index contributed by atoms with van der Waals surface area (Å²) in [7, 11) is -3.91. The third-order valence-corrected chi connectivity index (χ3v) is 7.52. The predicted molar refractivity (Wildman–Crippen MR) is 119 cm³/mol. The van der Waals surface area contributed by atoms with Crippen LogP contribution in [0.5, 0.6) is 0 Å². The number of aryl methyl sites for hydroxylation is 1. The number of rotatable bonds is 4.